The lowest BCUT2D eigenvalue weighted by Crippen LogP contribution is -2.23. The molecule has 0 aliphatic heterocycles. The number of hydrogen-bond donors (Lipinski definition) is 1. The summed E-state index contributed by atoms with van der Waals surface area (Å²) in [5.41, 5.74) is 3.01. The molecule has 0 unspecified atom stereocenters. The van der Waals surface area contributed by atoms with Crippen molar-refractivity contribution in [3.63, 3.8) is 0 Å². The zero-order valence-corrected chi connectivity index (χ0v) is 19.7. The highest BCUT2D eigenvalue weighted by Crippen LogP contribution is 2.29. The van der Waals surface area contributed by atoms with Gasteiger partial charge in [-0.1, -0.05) is 55.9 Å². The van der Waals surface area contributed by atoms with Crippen LogP contribution in [0.5, 0.6) is 0 Å². The fourth-order valence-electron chi connectivity index (χ4n) is 3.47. The van der Waals surface area contributed by atoms with E-state index in [1.807, 2.05) is 36.6 Å². The number of hydrogen-bond acceptors (Lipinski definition) is 4. The van der Waals surface area contributed by atoms with Gasteiger partial charge in [-0.3, -0.25) is 9.36 Å². The summed E-state index contributed by atoms with van der Waals surface area (Å²) in [5.74, 6) is 0.570. The van der Waals surface area contributed by atoms with Gasteiger partial charge in [0.2, 0.25) is 0 Å². The van der Waals surface area contributed by atoms with E-state index < -0.39 is 0 Å². The van der Waals surface area contributed by atoms with Crippen molar-refractivity contribution in [1.29, 1.82) is 0 Å². The molecule has 174 valence electrons. The molecule has 4 rings (SSSR count). The molecule has 34 heavy (non-hydrogen) atoms. The van der Waals surface area contributed by atoms with E-state index in [1.165, 1.54) is 36.0 Å². The minimum absolute atomic E-state index is 0.122. The molecule has 0 radical (unpaired) electrons. The molecule has 0 fully saturated rings. The molecular formula is C26H24F2N4OS. The lowest BCUT2D eigenvalue weighted by molar-refractivity contribution is 0.0950. The number of aromatic nitrogens is 3. The summed E-state index contributed by atoms with van der Waals surface area (Å²) in [6.45, 7) is 4.36. The largest absolute Gasteiger partial charge is 0.348 e. The third kappa shape index (κ3) is 5.51. The van der Waals surface area contributed by atoms with Crippen LogP contribution in [0.2, 0.25) is 0 Å². The summed E-state index contributed by atoms with van der Waals surface area (Å²) in [6.07, 6.45) is 0. The molecule has 4 aromatic rings. The number of amides is 1. The number of halogens is 2. The van der Waals surface area contributed by atoms with Crippen molar-refractivity contribution in [2.75, 3.05) is 0 Å². The summed E-state index contributed by atoms with van der Waals surface area (Å²) in [6, 6.07) is 19.6. The van der Waals surface area contributed by atoms with Crippen LogP contribution in [-0.4, -0.2) is 20.7 Å². The Bertz CT molecular complexity index is 1270. The van der Waals surface area contributed by atoms with Crippen LogP contribution in [0, 0.1) is 11.6 Å². The van der Waals surface area contributed by atoms with Gasteiger partial charge in [-0.05, 0) is 53.6 Å². The van der Waals surface area contributed by atoms with Crippen molar-refractivity contribution in [2.24, 2.45) is 0 Å². The summed E-state index contributed by atoms with van der Waals surface area (Å²) < 4.78 is 28.5. The topological polar surface area (TPSA) is 59.8 Å². The van der Waals surface area contributed by atoms with Crippen LogP contribution in [0.4, 0.5) is 8.78 Å². The van der Waals surface area contributed by atoms with E-state index in [0.29, 0.717) is 23.0 Å². The molecule has 1 amide bonds. The monoisotopic (exact) mass is 478 g/mol. The third-order valence-corrected chi connectivity index (χ3v) is 6.22. The Morgan fingerprint density at radius 3 is 2.26 bits per heavy atom. The van der Waals surface area contributed by atoms with Gasteiger partial charge in [0.1, 0.15) is 17.5 Å². The van der Waals surface area contributed by atoms with E-state index in [4.69, 9.17) is 0 Å². The first-order chi connectivity index (χ1) is 16.4. The lowest BCUT2D eigenvalue weighted by Gasteiger charge is -2.13. The second-order valence-corrected chi connectivity index (χ2v) is 9.00. The fraction of sp³-hybridized carbons (Fsp3) is 0.192. The molecule has 1 heterocycles. The number of thioether (sulfide) groups is 1. The molecule has 0 aliphatic carbocycles. The highest BCUT2D eigenvalue weighted by atomic mass is 32.2. The summed E-state index contributed by atoms with van der Waals surface area (Å²) in [5, 5.41) is 12.3. The van der Waals surface area contributed by atoms with E-state index in [0.717, 1.165) is 22.6 Å². The second kappa shape index (κ2) is 10.6. The molecule has 0 bridgehead atoms. The molecular weight excluding hydrogens is 454 g/mol. The van der Waals surface area contributed by atoms with Crippen molar-refractivity contribution in [1.82, 2.24) is 20.1 Å². The summed E-state index contributed by atoms with van der Waals surface area (Å²) in [4.78, 5) is 12.9. The third-order valence-electron chi connectivity index (χ3n) is 5.24. The minimum Gasteiger partial charge on any atom is -0.348 e. The number of nitrogens with zero attached hydrogens (tertiary/aromatic N) is 3. The molecule has 0 saturated carbocycles. The summed E-state index contributed by atoms with van der Waals surface area (Å²) in [7, 11) is 0. The second-order valence-electron chi connectivity index (χ2n) is 8.06. The van der Waals surface area contributed by atoms with E-state index >= 15 is 0 Å². The van der Waals surface area contributed by atoms with Crippen LogP contribution >= 0.6 is 11.8 Å². The molecule has 8 heteroatoms. The van der Waals surface area contributed by atoms with Gasteiger partial charge < -0.3 is 5.32 Å². The van der Waals surface area contributed by atoms with Crippen molar-refractivity contribution >= 4 is 17.7 Å². The first-order valence-corrected chi connectivity index (χ1v) is 11.9. The van der Waals surface area contributed by atoms with Gasteiger partial charge in [0.25, 0.3) is 5.91 Å². The van der Waals surface area contributed by atoms with E-state index in [2.05, 4.69) is 15.5 Å². The van der Waals surface area contributed by atoms with Crippen LogP contribution in [-0.2, 0) is 12.3 Å². The number of benzene rings is 3. The average Bonchev–Trinajstić information content (AvgIpc) is 3.27. The quantitative estimate of drug-likeness (QED) is 0.321. The Kier molecular flexibility index (Phi) is 7.37. The number of carbonyl (C=O) groups is 1. The normalized spacial score (nSPS) is 11.1. The Labute approximate surface area is 201 Å². The number of nitrogens with one attached hydrogen (secondary N) is 1. The van der Waals surface area contributed by atoms with E-state index in [1.54, 1.807) is 30.3 Å². The van der Waals surface area contributed by atoms with Gasteiger partial charge in [-0.25, -0.2) is 8.78 Å². The molecule has 1 N–H and O–H groups in total. The zero-order valence-electron chi connectivity index (χ0n) is 18.8. The molecule has 3 aromatic carbocycles. The van der Waals surface area contributed by atoms with E-state index in [-0.39, 0.29) is 23.5 Å². The van der Waals surface area contributed by atoms with Gasteiger partial charge in [0, 0.05) is 29.5 Å². The standard InChI is InChI=1S/C26H24F2N4OS/c1-17(2)24-30-31-26(32(24)22-13-11-21(28)12-14-22)34-16-19-5-3-4-6-23(19)25(33)29-15-18-7-9-20(27)10-8-18/h3-14,17H,15-16H2,1-2H3,(H,29,33). The van der Waals surface area contributed by atoms with Crippen molar-refractivity contribution in [2.45, 2.75) is 37.2 Å². The Morgan fingerprint density at radius 1 is 0.941 bits per heavy atom. The maximum Gasteiger partial charge on any atom is 0.251 e. The lowest BCUT2D eigenvalue weighted by atomic mass is 10.1. The molecule has 0 atom stereocenters. The highest BCUT2D eigenvalue weighted by molar-refractivity contribution is 7.98. The van der Waals surface area contributed by atoms with Gasteiger partial charge >= 0.3 is 0 Å². The van der Waals surface area contributed by atoms with Crippen molar-refractivity contribution in [3.05, 3.63) is 107 Å². The maximum absolute atomic E-state index is 13.5. The molecule has 1 aromatic heterocycles. The van der Waals surface area contributed by atoms with Crippen LogP contribution < -0.4 is 5.32 Å². The Morgan fingerprint density at radius 2 is 1.59 bits per heavy atom. The van der Waals surface area contributed by atoms with Gasteiger partial charge in [-0.2, -0.15) is 0 Å². The van der Waals surface area contributed by atoms with Crippen molar-refractivity contribution in [3.8, 4) is 5.69 Å². The van der Waals surface area contributed by atoms with Gasteiger partial charge in [-0.15, -0.1) is 10.2 Å². The van der Waals surface area contributed by atoms with Crippen LogP contribution in [0.3, 0.4) is 0 Å². The minimum atomic E-state index is -0.313. The predicted molar refractivity (Wildman–Crippen MR) is 129 cm³/mol. The van der Waals surface area contributed by atoms with Crippen LogP contribution in [0.15, 0.2) is 78.0 Å². The number of rotatable bonds is 8. The smallest absolute Gasteiger partial charge is 0.251 e. The highest BCUT2D eigenvalue weighted by Gasteiger charge is 2.18. The first kappa shape index (κ1) is 23.6. The molecule has 0 spiro atoms. The maximum atomic E-state index is 13.5. The van der Waals surface area contributed by atoms with Crippen LogP contribution in [0.1, 0.15) is 47.1 Å². The summed E-state index contributed by atoms with van der Waals surface area (Å²) >= 11 is 1.46. The molecule has 0 aliphatic rings. The number of carbonyl (C=O) groups excluding carboxylic acids is 1. The van der Waals surface area contributed by atoms with Crippen molar-refractivity contribution < 1.29 is 13.6 Å². The van der Waals surface area contributed by atoms with E-state index in [9.17, 15) is 13.6 Å². The Hall–Kier alpha value is -3.52. The SMILES string of the molecule is CC(C)c1nnc(SCc2ccccc2C(=O)NCc2ccc(F)cc2)n1-c1ccc(F)cc1. The van der Waals surface area contributed by atoms with Gasteiger partial charge in [0.05, 0.1) is 0 Å². The average molecular weight is 479 g/mol. The zero-order chi connectivity index (χ0) is 24.1. The molecule has 5 nitrogen and oxygen atoms in total. The van der Waals surface area contributed by atoms with Crippen LogP contribution in [0.25, 0.3) is 5.69 Å². The fourth-order valence-corrected chi connectivity index (χ4v) is 4.43. The predicted octanol–water partition coefficient (Wildman–Crippen LogP) is 5.89. The first-order valence-electron chi connectivity index (χ1n) is 10.9. The molecule has 0 saturated heterocycles. The van der Waals surface area contributed by atoms with Gasteiger partial charge in [0.15, 0.2) is 5.16 Å². The Balaban J connectivity index is 1.52.